The first kappa shape index (κ1) is 10.4. The SMILES string of the molecule is CC(C)(C)c1ccc([N+](=O)[O-])c(=O)[nH]1. The zero-order valence-corrected chi connectivity index (χ0v) is 8.33. The molecule has 0 aromatic carbocycles. The summed E-state index contributed by atoms with van der Waals surface area (Å²) in [6.07, 6.45) is 0. The Balaban J connectivity index is 3.27. The lowest BCUT2D eigenvalue weighted by Gasteiger charge is -2.17. The van der Waals surface area contributed by atoms with Gasteiger partial charge in [-0.3, -0.25) is 14.9 Å². The van der Waals surface area contributed by atoms with Gasteiger partial charge in [-0.15, -0.1) is 0 Å². The molecule has 0 aliphatic rings. The minimum absolute atomic E-state index is 0.214. The second kappa shape index (κ2) is 3.25. The lowest BCUT2D eigenvalue weighted by atomic mass is 9.92. The number of nitrogens with one attached hydrogen (secondary N) is 1. The monoisotopic (exact) mass is 196 g/mol. The molecule has 14 heavy (non-hydrogen) atoms. The fourth-order valence-corrected chi connectivity index (χ4v) is 1.05. The van der Waals surface area contributed by atoms with Gasteiger partial charge in [-0.1, -0.05) is 20.8 Å². The predicted octanol–water partition coefficient (Wildman–Crippen LogP) is 1.58. The minimum atomic E-state index is -0.689. The molecule has 0 saturated carbocycles. The number of H-pyrrole nitrogens is 1. The highest BCUT2D eigenvalue weighted by Crippen LogP contribution is 2.19. The number of nitro groups is 1. The first-order valence-corrected chi connectivity index (χ1v) is 4.20. The lowest BCUT2D eigenvalue weighted by molar-refractivity contribution is -0.386. The van der Waals surface area contributed by atoms with Crippen LogP contribution in [0.4, 0.5) is 5.69 Å². The fraction of sp³-hybridized carbons (Fsp3) is 0.444. The van der Waals surface area contributed by atoms with Crippen LogP contribution in [0.25, 0.3) is 0 Å². The predicted molar refractivity (Wildman–Crippen MR) is 52.4 cm³/mol. The van der Waals surface area contributed by atoms with Crippen molar-refractivity contribution in [1.29, 1.82) is 0 Å². The van der Waals surface area contributed by atoms with Gasteiger partial charge in [0.25, 0.3) is 0 Å². The van der Waals surface area contributed by atoms with Gasteiger partial charge in [-0.25, -0.2) is 0 Å². The highest BCUT2D eigenvalue weighted by Gasteiger charge is 2.18. The van der Waals surface area contributed by atoms with Crippen LogP contribution < -0.4 is 5.56 Å². The lowest BCUT2D eigenvalue weighted by Crippen LogP contribution is -2.20. The van der Waals surface area contributed by atoms with Crippen molar-refractivity contribution in [3.05, 3.63) is 38.3 Å². The van der Waals surface area contributed by atoms with Gasteiger partial charge in [0.15, 0.2) is 0 Å². The van der Waals surface area contributed by atoms with E-state index in [4.69, 9.17) is 0 Å². The number of rotatable bonds is 1. The molecule has 0 bridgehead atoms. The van der Waals surface area contributed by atoms with Crippen molar-refractivity contribution >= 4 is 5.69 Å². The van der Waals surface area contributed by atoms with Gasteiger partial charge in [-0.2, -0.15) is 0 Å². The van der Waals surface area contributed by atoms with Gasteiger partial charge in [0.2, 0.25) is 0 Å². The Morgan fingerprint density at radius 2 is 1.93 bits per heavy atom. The molecule has 0 spiro atoms. The number of hydrogen-bond acceptors (Lipinski definition) is 3. The maximum atomic E-state index is 11.2. The molecule has 5 nitrogen and oxygen atoms in total. The maximum Gasteiger partial charge on any atom is 0.333 e. The second-order valence-electron chi connectivity index (χ2n) is 4.09. The summed E-state index contributed by atoms with van der Waals surface area (Å²) >= 11 is 0. The number of hydrogen-bond donors (Lipinski definition) is 1. The van der Waals surface area contributed by atoms with Crippen LogP contribution in [-0.4, -0.2) is 9.91 Å². The highest BCUT2D eigenvalue weighted by molar-refractivity contribution is 5.29. The summed E-state index contributed by atoms with van der Waals surface area (Å²) in [4.78, 5) is 23.4. The van der Waals surface area contributed by atoms with Crippen molar-refractivity contribution in [2.75, 3.05) is 0 Å². The van der Waals surface area contributed by atoms with Gasteiger partial charge >= 0.3 is 11.2 Å². The van der Waals surface area contributed by atoms with E-state index in [1.165, 1.54) is 6.07 Å². The normalized spacial score (nSPS) is 11.4. The third-order valence-corrected chi connectivity index (χ3v) is 1.89. The third-order valence-electron chi connectivity index (χ3n) is 1.89. The Labute approximate surface area is 80.9 Å². The van der Waals surface area contributed by atoms with Crippen molar-refractivity contribution < 1.29 is 4.92 Å². The third kappa shape index (κ3) is 1.99. The number of aromatic amines is 1. The van der Waals surface area contributed by atoms with E-state index in [2.05, 4.69) is 4.98 Å². The molecule has 5 heteroatoms. The molecule has 0 saturated heterocycles. The molecule has 1 aromatic heterocycles. The van der Waals surface area contributed by atoms with Gasteiger partial charge in [0.1, 0.15) is 0 Å². The number of pyridine rings is 1. The van der Waals surface area contributed by atoms with Crippen molar-refractivity contribution in [3.63, 3.8) is 0 Å². The Hall–Kier alpha value is -1.65. The van der Waals surface area contributed by atoms with E-state index >= 15 is 0 Å². The molecular formula is C9H12N2O3. The molecule has 0 aliphatic heterocycles. The van der Waals surface area contributed by atoms with Crippen LogP contribution in [0, 0.1) is 10.1 Å². The summed E-state index contributed by atoms with van der Waals surface area (Å²) in [5.41, 5.74) is -0.595. The van der Waals surface area contributed by atoms with E-state index < -0.39 is 16.2 Å². The quantitative estimate of drug-likeness (QED) is 0.547. The fourth-order valence-electron chi connectivity index (χ4n) is 1.05. The summed E-state index contributed by atoms with van der Waals surface area (Å²) < 4.78 is 0. The average molecular weight is 196 g/mol. The van der Waals surface area contributed by atoms with Gasteiger partial charge in [-0.05, 0) is 6.07 Å². The summed E-state index contributed by atoms with van der Waals surface area (Å²) in [6.45, 7) is 5.76. The first-order chi connectivity index (χ1) is 6.32. The molecule has 0 fully saturated rings. The molecule has 1 heterocycles. The van der Waals surface area contributed by atoms with E-state index in [9.17, 15) is 14.9 Å². The average Bonchev–Trinajstić information content (AvgIpc) is 2.01. The zero-order chi connectivity index (χ0) is 10.9. The van der Waals surface area contributed by atoms with Crippen LogP contribution in [0.3, 0.4) is 0 Å². The Morgan fingerprint density at radius 3 is 2.29 bits per heavy atom. The van der Waals surface area contributed by atoms with Crippen LogP contribution in [0.15, 0.2) is 16.9 Å². The topological polar surface area (TPSA) is 76.0 Å². The second-order valence-corrected chi connectivity index (χ2v) is 4.09. The standard InChI is InChI=1S/C9H12N2O3/c1-9(2,3)7-5-4-6(11(13)14)8(12)10-7/h4-5H,1-3H3,(H,10,12). The highest BCUT2D eigenvalue weighted by atomic mass is 16.6. The number of aromatic nitrogens is 1. The van der Waals surface area contributed by atoms with E-state index in [0.717, 1.165) is 0 Å². The zero-order valence-electron chi connectivity index (χ0n) is 8.33. The first-order valence-electron chi connectivity index (χ1n) is 4.20. The minimum Gasteiger partial charge on any atom is -0.320 e. The van der Waals surface area contributed by atoms with Gasteiger partial charge in [0.05, 0.1) is 4.92 Å². The van der Waals surface area contributed by atoms with Crippen LogP contribution in [-0.2, 0) is 5.41 Å². The molecule has 0 unspecified atom stereocenters. The molecule has 0 atom stereocenters. The van der Waals surface area contributed by atoms with Crippen molar-refractivity contribution in [3.8, 4) is 0 Å². The van der Waals surface area contributed by atoms with E-state index in [-0.39, 0.29) is 5.41 Å². The number of nitrogens with zero attached hydrogens (tertiary/aromatic N) is 1. The van der Waals surface area contributed by atoms with Gasteiger partial charge < -0.3 is 4.98 Å². The van der Waals surface area contributed by atoms with Crippen molar-refractivity contribution in [2.24, 2.45) is 0 Å². The van der Waals surface area contributed by atoms with Crippen molar-refractivity contribution in [2.45, 2.75) is 26.2 Å². The smallest absolute Gasteiger partial charge is 0.320 e. The summed E-state index contributed by atoms with van der Waals surface area (Å²) in [5.74, 6) is 0. The van der Waals surface area contributed by atoms with Crippen LogP contribution >= 0.6 is 0 Å². The molecule has 1 N–H and O–H groups in total. The van der Waals surface area contributed by atoms with Gasteiger partial charge in [0, 0.05) is 17.2 Å². The van der Waals surface area contributed by atoms with Crippen LogP contribution in [0.5, 0.6) is 0 Å². The Bertz CT molecular complexity index is 415. The molecule has 0 amide bonds. The molecule has 76 valence electrons. The molecule has 1 aromatic rings. The molecule has 0 radical (unpaired) electrons. The van der Waals surface area contributed by atoms with Crippen molar-refractivity contribution in [1.82, 2.24) is 4.98 Å². The molecule has 1 rings (SSSR count). The van der Waals surface area contributed by atoms with E-state index in [1.54, 1.807) is 6.07 Å². The largest absolute Gasteiger partial charge is 0.333 e. The maximum absolute atomic E-state index is 11.2. The summed E-state index contributed by atoms with van der Waals surface area (Å²) in [5, 5.41) is 10.4. The Morgan fingerprint density at radius 1 is 1.36 bits per heavy atom. The molecular weight excluding hydrogens is 184 g/mol. The summed E-state index contributed by atoms with van der Waals surface area (Å²) in [6, 6.07) is 2.80. The molecule has 0 aliphatic carbocycles. The van der Waals surface area contributed by atoms with Crippen LogP contribution in [0.1, 0.15) is 26.5 Å². The van der Waals surface area contributed by atoms with Crippen LogP contribution in [0.2, 0.25) is 0 Å². The summed E-state index contributed by atoms with van der Waals surface area (Å²) in [7, 11) is 0. The van der Waals surface area contributed by atoms with E-state index in [1.807, 2.05) is 20.8 Å². The Kier molecular flexibility index (Phi) is 2.42. The van der Waals surface area contributed by atoms with E-state index in [0.29, 0.717) is 5.69 Å².